The van der Waals surface area contributed by atoms with Crippen molar-refractivity contribution in [2.45, 2.75) is 6.92 Å². The lowest BCUT2D eigenvalue weighted by Gasteiger charge is -2.10. The molecule has 92 valence electrons. The Morgan fingerprint density at radius 3 is 2.78 bits per heavy atom. The predicted octanol–water partition coefficient (Wildman–Crippen LogP) is 2.69. The quantitative estimate of drug-likeness (QED) is 0.810. The maximum atomic E-state index is 5.80. The molecule has 0 bridgehead atoms. The Labute approximate surface area is 106 Å². The van der Waals surface area contributed by atoms with Gasteiger partial charge in [-0.1, -0.05) is 12.6 Å². The average Bonchev–Trinajstić information content (AvgIpc) is 2.34. The van der Waals surface area contributed by atoms with Crippen LogP contribution in [0.5, 0.6) is 11.6 Å². The number of nitrogens with two attached hydrogens (primary N) is 2. The molecule has 2 rings (SSSR count). The summed E-state index contributed by atoms with van der Waals surface area (Å²) >= 11 is 0. The number of hydrogen-bond acceptors (Lipinski definition) is 4. The molecule has 1 aromatic heterocycles. The summed E-state index contributed by atoms with van der Waals surface area (Å²) in [6, 6.07) is 9.06. The molecule has 1 heterocycles. The third-order valence-corrected chi connectivity index (χ3v) is 2.55. The molecular weight excluding hydrogens is 226 g/mol. The van der Waals surface area contributed by atoms with Crippen LogP contribution in [-0.4, -0.2) is 4.98 Å². The molecule has 0 aliphatic heterocycles. The summed E-state index contributed by atoms with van der Waals surface area (Å²) in [6.45, 7) is 5.61. The van der Waals surface area contributed by atoms with Gasteiger partial charge >= 0.3 is 0 Å². The van der Waals surface area contributed by atoms with Crippen molar-refractivity contribution in [2.24, 2.45) is 5.73 Å². The van der Waals surface area contributed by atoms with Crippen molar-refractivity contribution >= 4 is 11.4 Å². The molecule has 0 aliphatic carbocycles. The van der Waals surface area contributed by atoms with E-state index in [1.165, 1.54) is 0 Å². The van der Waals surface area contributed by atoms with Crippen molar-refractivity contribution in [1.82, 2.24) is 4.98 Å². The molecule has 0 saturated carbocycles. The summed E-state index contributed by atoms with van der Waals surface area (Å²) in [6.07, 6.45) is 1.68. The number of ether oxygens (including phenoxy) is 1. The van der Waals surface area contributed by atoms with Crippen LogP contribution in [0, 0.1) is 6.92 Å². The lowest BCUT2D eigenvalue weighted by atomic mass is 10.1. The number of aryl methyl sites for hydroxylation is 1. The van der Waals surface area contributed by atoms with E-state index in [4.69, 9.17) is 16.2 Å². The number of pyridine rings is 1. The zero-order chi connectivity index (χ0) is 13.1. The van der Waals surface area contributed by atoms with E-state index in [0.29, 0.717) is 28.6 Å². The van der Waals surface area contributed by atoms with Crippen LogP contribution < -0.4 is 16.2 Å². The van der Waals surface area contributed by atoms with Crippen LogP contribution in [0.3, 0.4) is 0 Å². The normalized spacial score (nSPS) is 10.1. The van der Waals surface area contributed by atoms with Crippen LogP contribution in [0.2, 0.25) is 0 Å². The molecule has 4 heteroatoms. The van der Waals surface area contributed by atoms with E-state index in [0.717, 1.165) is 5.56 Å². The minimum atomic E-state index is 0.413. The highest BCUT2D eigenvalue weighted by atomic mass is 16.5. The molecule has 4 nitrogen and oxygen atoms in total. The van der Waals surface area contributed by atoms with Crippen molar-refractivity contribution in [3.8, 4) is 11.6 Å². The largest absolute Gasteiger partial charge is 0.439 e. The molecule has 0 unspecified atom stereocenters. The van der Waals surface area contributed by atoms with Gasteiger partial charge in [-0.3, -0.25) is 0 Å². The highest BCUT2D eigenvalue weighted by Gasteiger charge is 2.06. The zero-order valence-electron chi connectivity index (χ0n) is 10.2. The summed E-state index contributed by atoms with van der Waals surface area (Å²) in [5.41, 5.74) is 14.1. The topological polar surface area (TPSA) is 74.2 Å². The van der Waals surface area contributed by atoms with Crippen LogP contribution >= 0.6 is 0 Å². The number of rotatable bonds is 3. The number of aromatic nitrogens is 1. The molecule has 0 amide bonds. The Bertz CT molecular complexity index is 593. The summed E-state index contributed by atoms with van der Waals surface area (Å²) in [4.78, 5) is 4.16. The van der Waals surface area contributed by atoms with Gasteiger partial charge in [-0.15, -0.1) is 0 Å². The molecule has 2 aromatic rings. The standard InChI is InChI=1S/C14H15N3O/c1-9-4-3-7-17-14(9)18-11-5-6-13(16)12(8-11)10(2)15/h3-8H,2,15-16H2,1H3. The highest BCUT2D eigenvalue weighted by molar-refractivity contribution is 5.72. The Kier molecular flexibility index (Phi) is 3.19. The smallest absolute Gasteiger partial charge is 0.222 e. The first kappa shape index (κ1) is 12.0. The van der Waals surface area contributed by atoms with E-state index in [-0.39, 0.29) is 0 Å². The van der Waals surface area contributed by atoms with E-state index in [9.17, 15) is 0 Å². The number of nitrogen functional groups attached to an aromatic ring is 1. The SMILES string of the molecule is C=C(N)c1cc(Oc2ncccc2C)ccc1N. The minimum Gasteiger partial charge on any atom is -0.439 e. The fourth-order valence-electron chi connectivity index (χ4n) is 1.57. The zero-order valence-corrected chi connectivity index (χ0v) is 10.2. The van der Waals surface area contributed by atoms with Gasteiger partial charge in [0.2, 0.25) is 5.88 Å². The van der Waals surface area contributed by atoms with E-state index < -0.39 is 0 Å². The highest BCUT2D eigenvalue weighted by Crippen LogP contribution is 2.27. The van der Waals surface area contributed by atoms with E-state index >= 15 is 0 Å². The first-order valence-electron chi connectivity index (χ1n) is 5.51. The van der Waals surface area contributed by atoms with Gasteiger partial charge in [-0.25, -0.2) is 4.98 Å². The lowest BCUT2D eigenvalue weighted by Crippen LogP contribution is -2.00. The molecule has 0 atom stereocenters. The van der Waals surface area contributed by atoms with Crippen molar-refractivity contribution in [1.29, 1.82) is 0 Å². The first-order chi connectivity index (χ1) is 8.58. The van der Waals surface area contributed by atoms with Crippen LogP contribution in [0.1, 0.15) is 11.1 Å². The van der Waals surface area contributed by atoms with Gasteiger partial charge in [0.15, 0.2) is 0 Å². The molecule has 0 radical (unpaired) electrons. The molecule has 4 N–H and O–H groups in total. The van der Waals surface area contributed by atoms with Crippen LogP contribution in [0.15, 0.2) is 43.1 Å². The molecule has 0 fully saturated rings. The second-order valence-electron chi connectivity index (χ2n) is 4.00. The molecular formula is C14H15N3O. The molecule has 0 saturated heterocycles. The third kappa shape index (κ3) is 2.43. The van der Waals surface area contributed by atoms with Gasteiger partial charge in [0.25, 0.3) is 0 Å². The summed E-state index contributed by atoms with van der Waals surface area (Å²) in [5, 5.41) is 0. The number of benzene rings is 1. The second-order valence-corrected chi connectivity index (χ2v) is 4.00. The summed E-state index contributed by atoms with van der Waals surface area (Å²) < 4.78 is 5.69. The van der Waals surface area contributed by atoms with Crippen LogP contribution in [0.25, 0.3) is 5.70 Å². The monoisotopic (exact) mass is 241 g/mol. The van der Waals surface area contributed by atoms with Gasteiger partial charge in [-0.05, 0) is 31.2 Å². The lowest BCUT2D eigenvalue weighted by molar-refractivity contribution is 0.459. The Hall–Kier alpha value is -2.49. The Morgan fingerprint density at radius 1 is 1.33 bits per heavy atom. The fraction of sp³-hybridized carbons (Fsp3) is 0.0714. The van der Waals surface area contributed by atoms with Gasteiger partial charge in [0.05, 0.1) is 0 Å². The molecule has 0 aliphatic rings. The van der Waals surface area contributed by atoms with E-state index in [2.05, 4.69) is 11.6 Å². The van der Waals surface area contributed by atoms with Crippen LogP contribution in [0.4, 0.5) is 5.69 Å². The first-order valence-corrected chi connectivity index (χ1v) is 5.51. The number of hydrogen-bond donors (Lipinski definition) is 2. The summed E-state index contributed by atoms with van der Waals surface area (Å²) in [7, 11) is 0. The van der Waals surface area contributed by atoms with Gasteiger partial charge in [0, 0.05) is 28.7 Å². The number of nitrogens with zero attached hydrogens (tertiary/aromatic N) is 1. The van der Waals surface area contributed by atoms with E-state index in [1.807, 2.05) is 19.1 Å². The molecule has 1 aromatic carbocycles. The maximum absolute atomic E-state index is 5.80. The second kappa shape index (κ2) is 4.79. The van der Waals surface area contributed by atoms with Crippen molar-refractivity contribution < 1.29 is 4.74 Å². The Morgan fingerprint density at radius 2 is 2.11 bits per heavy atom. The van der Waals surface area contributed by atoms with Gasteiger partial charge in [0.1, 0.15) is 5.75 Å². The average molecular weight is 241 g/mol. The predicted molar refractivity (Wildman–Crippen MR) is 73.1 cm³/mol. The molecule has 18 heavy (non-hydrogen) atoms. The van der Waals surface area contributed by atoms with E-state index in [1.54, 1.807) is 24.4 Å². The van der Waals surface area contributed by atoms with Crippen LogP contribution in [-0.2, 0) is 0 Å². The number of anilines is 1. The van der Waals surface area contributed by atoms with Gasteiger partial charge in [-0.2, -0.15) is 0 Å². The summed E-state index contributed by atoms with van der Waals surface area (Å²) in [5.74, 6) is 1.20. The van der Waals surface area contributed by atoms with Gasteiger partial charge < -0.3 is 16.2 Å². The molecule has 0 spiro atoms. The van der Waals surface area contributed by atoms with Crippen molar-refractivity contribution in [3.63, 3.8) is 0 Å². The van der Waals surface area contributed by atoms with Crippen molar-refractivity contribution in [3.05, 3.63) is 54.2 Å². The van der Waals surface area contributed by atoms with Crippen molar-refractivity contribution in [2.75, 3.05) is 5.73 Å². The fourth-order valence-corrected chi connectivity index (χ4v) is 1.57. The third-order valence-electron chi connectivity index (χ3n) is 2.55. The Balaban J connectivity index is 2.33. The maximum Gasteiger partial charge on any atom is 0.222 e. The minimum absolute atomic E-state index is 0.413.